The second-order valence-electron chi connectivity index (χ2n) is 5.73. The minimum atomic E-state index is 0.177. The van der Waals surface area contributed by atoms with Gasteiger partial charge in [0.15, 0.2) is 0 Å². The second-order valence-corrected chi connectivity index (χ2v) is 6.14. The van der Waals surface area contributed by atoms with E-state index in [1.807, 2.05) is 6.07 Å². The van der Waals surface area contributed by atoms with Gasteiger partial charge in [-0.05, 0) is 23.8 Å². The fraction of sp³-hybridized carbons (Fsp3) is 0.0500. The Morgan fingerprint density at radius 2 is 2.00 bits per heavy atom. The van der Waals surface area contributed by atoms with E-state index < -0.39 is 0 Å². The van der Waals surface area contributed by atoms with Crippen LogP contribution in [0.25, 0.3) is 21.5 Å². The predicted molar refractivity (Wildman–Crippen MR) is 109 cm³/mol. The van der Waals surface area contributed by atoms with Gasteiger partial charge in [-0.3, -0.25) is 5.10 Å². The molecule has 0 aliphatic rings. The lowest BCUT2D eigenvalue weighted by molar-refractivity contribution is 0.975. The molecule has 0 spiro atoms. The van der Waals surface area contributed by atoms with E-state index in [0.717, 1.165) is 5.69 Å². The molecule has 3 N–H and O–H groups in total. The highest BCUT2D eigenvalue weighted by atomic mass is 35.5. The minimum Gasteiger partial charge on any atom is -0.392 e. The first-order chi connectivity index (χ1) is 14.1. The smallest absolute Gasteiger partial charge is 0.237 e. The van der Waals surface area contributed by atoms with Crippen LogP contribution in [-0.4, -0.2) is 19.8 Å². The number of nitrogens with zero attached hydrogens (tertiary/aromatic N) is 6. The van der Waals surface area contributed by atoms with Gasteiger partial charge in [-0.2, -0.15) is 20.7 Å². The number of nitrogens with one attached hydrogen (secondary N) is 1. The van der Waals surface area contributed by atoms with Gasteiger partial charge in [-0.1, -0.05) is 29.8 Å². The lowest BCUT2D eigenvalue weighted by Crippen LogP contribution is -2.02. The quantitative estimate of drug-likeness (QED) is 0.489. The van der Waals surface area contributed by atoms with Crippen molar-refractivity contribution in [2.24, 2.45) is 0 Å². The van der Waals surface area contributed by atoms with Crippen molar-refractivity contribution in [1.29, 1.82) is 10.5 Å². The Labute approximate surface area is 171 Å². The summed E-state index contributed by atoms with van der Waals surface area (Å²) < 4.78 is 1.40. The SMILES string of the molecule is N#CCc1ccn[nH]1.[C-]#[N+]c1c(-c2ccccc2Cl)c(C#N)c2ccnn2c1N. The molecule has 3 heterocycles. The molecule has 4 aromatic rings. The Balaban J connectivity index is 0.000000252. The molecule has 0 aliphatic heterocycles. The first-order valence-corrected chi connectivity index (χ1v) is 8.67. The molecule has 0 bridgehead atoms. The standard InChI is InChI=1S/C15H8ClN5.C5H5N3/c1-19-14-13(9-4-2-3-5-11(9)16)10(8-17)12-6-7-20-21(12)15(14)18;6-3-1-5-2-4-7-8-5/h2-7H,18H2;2,4H,1H2,(H,7,8). The van der Waals surface area contributed by atoms with Crippen LogP contribution in [0.2, 0.25) is 5.02 Å². The topological polar surface area (TPSA) is 124 Å². The highest BCUT2D eigenvalue weighted by molar-refractivity contribution is 6.33. The number of pyridine rings is 1. The van der Waals surface area contributed by atoms with Crippen LogP contribution >= 0.6 is 11.6 Å². The van der Waals surface area contributed by atoms with Gasteiger partial charge < -0.3 is 5.73 Å². The molecule has 0 saturated heterocycles. The zero-order valence-electron chi connectivity index (χ0n) is 15.0. The molecular weight excluding hydrogens is 388 g/mol. The number of anilines is 1. The first-order valence-electron chi connectivity index (χ1n) is 8.29. The number of nitriles is 2. The lowest BCUT2D eigenvalue weighted by atomic mass is 9.98. The molecule has 8 nitrogen and oxygen atoms in total. The number of fused-ring (bicyclic) bond motifs is 1. The van der Waals surface area contributed by atoms with Gasteiger partial charge in [0, 0.05) is 22.5 Å². The summed E-state index contributed by atoms with van der Waals surface area (Å²) in [6, 6.07) is 14.7. The van der Waals surface area contributed by atoms with Crippen LogP contribution in [0.3, 0.4) is 0 Å². The van der Waals surface area contributed by atoms with Gasteiger partial charge in [0.05, 0.1) is 36.3 Å². The van der Waals surface area contributed by atoms with Crippen molar-refractivity contribution in [2.75, 3.05) is 5.73 Å². The number of aromatic nitrogens is 4. The van der Waals surface area contributed by atoms with E-state index in [9.17, 15) is 5.26 Å². The van der Waals surface area contributed by atoms with Crippen LogP contribution < -0.4 is 5.73 Å². The van der Waals surface area contributed by atoms with E-state index in [0.29, 0.717) is 33.7 Å². The van der Waals surface area contributed by atoms with Gasteiger partial charge in [0.1, 0.15) is 11.9 Å². The summed E-state index contributed by atoms with van der Waals surface area (Å²) in [7, 11) is 0. The zero-order valence-corrected chi connectivity index (χ0v) is 15.7. The summed E-state index contributed by atoms with van der Waals surface area (Å²) in [5.74, 6) is 0.193. The van der Waals surface area contributed by atoms with Gasteiger partial charge in [0.25, 0.3) is 0 Å². The summed E-state index contributed by atoms with van der Waals surface area (Å²) >= 11 is 6.22. The van der Waals surface area contributed by atoms with E-state index in [1.54, 1.807) is 42.6 Å². The zero-order chi connectivity index (χ0) is 20.8. The summed E-state index contributed by atoms with van der Waals surface area (Å²) in [5.41, 5.74) is 9.01. The average molecular weight is 401 g/mol. The lowest BCUT2D eigenvalue weighted by Gasteiger charge is -2.13. The van der Waals surface area contributed by atoms with Crippen LogP contribution in [0.5, 0.6) is 0 Å². The van der Waals surface area contributed by atoms with Crippen LogP contribution in [0.1, 0.15) is 11.3 Å². The number of benzene rings is 1. The van der Waals surface area contributed by atoms with Crippen molar-refractivity contribution >= 4 is 28.6 Å². The summed E-state index contributed by atoms with van der Waals surface area (Å²) in [6.45, 7) is 7.40. The van der Waals surface area contributed by atoms with Crippen LogP contribution in [0.4, 0.5) is 11.5 Å². The Bertz CT molecular complexity index is 1280. The third kappa shape index (κ3) is 3.72. The van der Waals surface area contributed by atoms with Crippen LogP contribution in [0.15, 0.2) is 48.8 Å². The van der Waals surface area contributed by atoms with Crippen LogP contribution in [-0.2, 0) is 6.42 Å². The summed E-state index contributed by atoms with van der Waals surface area (Å²) in [6.07, 6.45) is 3.59. The Kier molecular flexibility index (Phi) is 5.75. The number of nitrogens with two attached hydrogens (primary N) is 1. The summed E-state index contributed by atoms with van der Waals surface area (Å²) in [4.78, 5) is 3.48. The maximum atomic E-state index is 9.52. The van der Waals surface area contributed by atoms with E-state index in [4.69, 9.17) is 29.2 Å². The molecule has 3 aromatic heterocycles. The number of hydrogen-bond donors (Lipinski definition) is 2. The minimum absolute atomic E-state index is 0.177. The molecule has 140 valence electrons. The Morgan fingerprint density at radius 3 is 2.62 bits per heavy atom. The fourth-order valence-electron chi connectivity index (χ4n) is 2.78. The first kappa shape index (κ1) is 19.4. The largest absolute Gasteiger partial charge is 0.392 e. The van der Waals surface area contributed by atoms with Gasteiger partial charge in [-0.25, -0.2) is 9.36 Å². The number of H-pyrrole nitrogens is 1. The van der Waals surface area contributed by atoms with E-state index in [1.165, 1.54) is 10.7 Å². The molecule has 0 fully saturated rings. The van der Waals surface area contributed by atoms with Crippen molar-refractivity contribution in [3.8, 4) is 23.3 Å². The maximum absolute atomic E-state index is 9.52. The maximum Gasteiger partial charge on any atom is 0.237 e. The third-order valence-electron chi connectivity index (χ3n) is 4.05. The molecule has 0 amide bonds. The number of hydrogen-bond acceptors (Lipinski definition) is 5. The highest BCUT2D eigenvalue weighted by Crippen LogP contribution is 2.42. The molecule has 0 radical (unpaired) electrons. The van der Waals surface area contributed by atoms with E-state index >= 15 is 0 Å². The van der Waals surface area contributed by atoms with Crippen molar-refractivity contribution in [3.05, 3.63) is 76.5 Å². The molecule has 0 aliphatic carbocycles. The number of halogens is 1. The molecule has 4 rings (SSSR count). The normalized spacial score (nSPS) is 9.72. The summed E-state index contributed by atoms with van der Waals surface area (Å²) in [5, 5.41) is 28.5. The van der Waals surface area contributed by atoms with E-state index in [2.05, 4.69) is 26.2 Å². The molecule has 0 saturated carbocycles. The number of aromatic amines is 1. The molecule has 29 heavy (non-hydrogen) atoms. The van der Waals surface area contributed by atoms with Crippen molar-refractivity contribution < 1.29 is 0 Å². The van der Waals surface area contributed by atoms with Gasteiger partial charge >= 0.3 is 0 Å². The second kappa shape index (κ2) is 8.58. The third-order valence-corrected chi connectivity index (χ3v) is 4.38. The molecule has 0 unspecified atom stereocenters. The highest BCUT2D eigenvalue weighted by Gasteiger charge is 2.21. The predicted octanol–water partition coefficient (Wildman–Crippen LogP) is 4.14. The van der Waals surface area contributed by atoms with Crippen LogP contribution in [0, 0.1) is 29.2 Å². The van der Waals surface area contributed by atoms with E-state index in [-0.39, 0.29) is 11.5 Å². The van der Waals surface area contributed by atoms with Gasteiger partial charge in [-0.15, -0.1) is 0 Å². The number of nitrogen functional groups attached to an aromatic ring is 1. The number of rotatable bonds is 2. The van der Waals surface area contributed by atoms with Gasteiger partial charge in [0.2, 0.25) is 5.69 Å². The Hall–Kier alpha value is -4.32. The molecule has 0 atom stereocenters. The Morgan fingerprint density at radius 1 is 1.21 bits per heavy atom. The van der Waals surface area contributed by atoms with Crippen molar-refractivity contribution in [3.63, 3.8) is 0 Å². The molecular formula is C20H13ClN8. The fourth-order valence-corrected chi connectivity index (χ4v) is 3.01. The van der Waals surface area contributed by atoms with Crippen molar-refractivity contribution in [2.45, 2.75) is 6.42 Å². The monoisotopic (exact) mass is 400 g/mol. The average Bonchev–Trinajstić information content (AvgIpc) is 3.41. The van der Waals surface area contributed by atoms with Crippen molar-refractivity contribution in [1.82, 2.24) is 19.8 Å². The molecule has 9 heteroatoms. The molecule has 1 aromatic carbocycles.